The molecule has 0 N–H and O–H groups in total. The van der Waals surface area contributed by atoms with Gasteiger partial charge in [0.25, 0.3) is 0 Å². The minimum absolute atomic E-state index is 0.125. The number of anilines is 1. The topological polar surface area (TPSA) is 80.9 Å². The third kappa shape index (κ3) is 7.21. The SMILES string of the molecule is COc1ccc(CCN(CCc2nc(-c3ccc(N(C)C)cc3)no2)C(=O)CC(C)C)cc1OC. The number of hydrogen-bond acceptors (Lipinski definition) is 7. The summed E-state index contributed by atoms with van der Waals surface area (Å²) in [6, 6.07) is 13.8. The van der Waals surface area contributed by atoms with Crippen molar-refractivity contribution in [2.75, 3.05) is 46.3 Å². The number of nitrogens with zero attached hydrogens (tertiary/aromatic N) is 4. The van der Waals surface area contributed by atoms with Crippen molar-refractivity contribution in [1.82, 2.24) is 15.0 Å². The Hall–Kier alpha value is -3.55. The van der Waals surface area contributed by atoms with Crippen LogP contribution in [0.15, 0.2) is 47.0 Å². The molecule has 1 heterocycles. The standard InChI is InChI=1S/C27H36N4O4/c1-19(2)17-26(32)31(15-13-20-7-12-23(33-5)24(18-20)34-6)16-14-25-28-27(29-35-25)21-8-10-22(11-9-21)30(3)4/h7-12,18-19H,13-17H2,1-6H3. The van der Waals surface area contributed by atoms with Crippen molar-refractivity contribution in [3.63, 3.8) is 0 Å². The summed E-state index contributed by atoms with van der Waals surface area (Å²) in [7, 11) is 7.23. The van der Waals surface area contributed by atoms with E-state index in [1.807, 2.05) is 66.4 Å². The highest BCUT2D eigenvalue weighted by atomic mass is 16.5. The number of amides is 1. The van der Waals surface area contributed by atoms with Gasteiger partial charge in [0.05, 0.1) is 14.2 Å². The van der Waals surface area contributed by atoms with E-state index in [0.717, 1.165) is 16.8 Å². The average Bonchev–Trinajstić information content (AvgIpc) is 3.32. The smallest absolute Gasteiger partial charge is 0.228 e. The number of carbonyl (C=O) groups is 1. The molecule has 0 fully saturated rings. The minimum Gasteiger partial charge on any atom is -0.493 e. The zero-order chi connectivity index (χ0) is 25.4. The van der Waals surface area contributed by atoms with Gasteiger partial charge in [0.15, 0.2) is 11.5 Å². The molecule has 0 spiro atoms. The van der Waals surface area contributed by atoms with Crippen LogP contribution in [-0.2, 0) is 17.6 Å². The number of hydrogen-bond donors (Lipinski definition) is 0. The first kappa shape index (κ1) is 26.1. The Balaban J connectivity index is 1.66. The Labute approximate surface area is 207 Å². The molecule has 3 aromatic rings. The molecule has 188 valence electrons. The van der Waals surface area contributed by atoms with Gasteiger partial charge in [-0.2, -0.15) is 4.98 Å². The second-order valence-corrected chi connectivity index (χ2v) is 9.12. The van der Waals surface area contributed by atoms with E-state index in [1.165, 1.54) is 0 Å². The van der Waals surface area contributed by atoms with Gasteiger partial charge in [0.1, 0.15) is 0 Å². The number of benzene rings is 2. The van der Waals surface area contributed by atoms with Crippen LogP contribution in [0.5, 0.6) is 11.5 Å². The lowest BCUT2D eigenvalue weighted by molar-refractivity contribution is -0.132. The average molecular weight is 481 g/mol. The normalized spacial score (nSPS) is 10.9. The first-order valence-corrected chi connectivity index (χ1v) is 11.9. The third-order valence-corrected chi connectivity index (χ3v) is 5.76. The van der Waals surface area contributed by atoms with Crippen molar-refractivity contribution in [3.8, 4) is 22.9 Å². The largest absolute Gasteiger partial charge is 0.493 e. The maximum absolute atomic E-state index is 12.9. The Morgan fingerprint density at radius 2 is 1.66 bits per heavy atom. The van der Waals surface area contributed by atoms with Crippen LogP contribution in [0, 0.1) is 5.92 Å². The van der Waals surface area contributed by atoms with Gasteiger partial charge in [0.2, 0.25) is 17.6 Å². The Morgan fingerprint density at radius 3 is 2.29 bits per heavy atom. The van der Waals surface area contributed by atoms with E-state index < -0.39 is 0 Å². The molecule has 0 atom stereocenters. The summed E-state index contributed by atoms with van der Waals surface area (Å²) in [6.45, 7) is 5.21. The number of methoxy groups -OCH3 is 2. The predicted octanol–water partition coefficient (Wildman–Crippen LogP) is 4.48. The van der Waals surface area contributed by atoms with Crippen molar-refractivity contribution in [2.45, 2.75) is 33.1 Å². The van der Waals surface area contributed by atoms with Gasteiger partial charge < -0.3 is 23.8 Å². The zero-order valence-corrected chi connectivity index (χ0v) is 21.6. The lowest BCUT2D eigenvalue weighted by atomic mass is 10.1. The Morgan fingerprint density at radius 1 is 0.971 bits per heavy atom. The van der Waals surface area contributed by atoms with Crippen LogP contribution in [0.2, 0.25) is 0 Å². The number of rotatable bonds is 12. The molecule has 0 saturated heterocycles. The van der Waals surface area contributed by atoms with Gasteiger partial charge in [-0.05, 0) is 54.3 Å². The van der Waals surface area contributed by atoms with E-state index in [-0.39, 0.29) is 11.8 Å². The van der Waals surface area contributed by atoms with Crippen LogP contribution in [0.1, 0.15) is 31.7 Å². The Kier molecular flexibility index (Phi) is 9.11. The van der Waals surface area contributed by atoms with E-state index in [2.05, 4.69) is 24.0 Å². The number of carbonyl (C=O) groups excluding carboxylic acids is 1. The molecule has 0 unspecified atom stereocenters. The lowest BCUT2D eigenvalue weighted by Gasteiger charge is -2.23. The van der Waals surface area contributed by atoms with Crippen molar-refractivity contribution in [2.24, 2.45) is 5.92 Å². The molecule has 0 saturated carbocycles. The van der Waals surface area contributed by atoms with Crippen LogP contribution in [0.3, 0.4) is 0 Å². The van der Waals surface area contributed by atoms with Crippen molar-refractivity contribution >= 4 is 11.6 Å². The quantitative estimate of drug-likeness (QED) is 0.378. The molecule has 8 nitrogen and oxygen atoms in total. The Bertz CT molecular complexity index is 1090. The lowest BCUT2D eigenvalue weighted by Crippen LogP contribution is -2.35. The van der Waals surface area contributed by atoms with Crippen LogP contribution in [0.25, 0.3) is 11.4 Å². The maximum atomic E-state index is 12.9. The van der Waals surface area contributed by atoms with Gasteiger partial charge in [-0.15, -0.1) is 0 Å². The van der Waals surface area contributed by atoms with E-state index in [0.29, 0.717) is 55.6 Å². The van der Waals surface area contributed by atoms with Crippen LogP contribution >= 0.6 is 0 Å². The molecule has 0 aliphatic rings. The second kappa shape index (κ2) is 12.2. The summed E-state index contributed by atoms with van der Waals surface area (Å²) in [4.78, 5) is 21.4. The fourth-order valence-corrected chi connectivity index (χ4v) is 3.75. The molecule has 0 bridgehead atoms. The molecular formula is C27H36N4O4. The van der Waals surface area contributed by atoms with Gasteiger partial charge in [0, 0.05) is 51.3 Å². The summed E-state index contributed by atoms with van der Waals surface area (Å²) in [5.74, 6) is 2.85. The second-order valence-electron chi connectivity index (χ2n) is 9.12. The molecular weight excluding hydrogens is 444 g/mol. The predicted molar refractivity (Wildman–Crippen MR) is 137 cm³/mol. The zero-order valence-electron chi connectivity index (χ0n) is 21.6. The summed E-state index contributed by atoms with van der Waals surface area (Å²) >= 11 is 0. The highest BCUT2D eigenvalue weighted by Crippen LogP contribution is 2.28. The molecule has 35 heavy (non-hydrogen) atoms. The highest BCUT2D eigenvalue weighted by molar-refractivity contribution is 5.76. The molecule has 2 aromatic carbocycles. The van der Waals surface area contributed by atoms with Gasteiger partial charge in [-0.1, -0.05) is 25.1 Å². The number of ether oxygens (including phenoxy) is 2. The summed E-state index contributed by atoms with van der Waals surface area (Å²) in [5, 5.41) is 4.13. The van der Waals surface area contributed by atoms with Gasteiger partial charge in [-0.25, -0.2) is 0 Å². The van der Waals surface area contributed by atoms with Gasteiger partial charge >= 0.3 is 0 Å². The third-order valence-electron chi connectivity index (χ3n) is 5.76. The highest BCUT2D eigenvalue weighted by Gasteiger charge is 2.18. The van der Waals surface area contributed by atoms with E-state index in [9.17, 15) is 4.79 Å². The monoisotopic (exact) mass is 480 g/mol. The number of aromatic nitrogens is 2. The van der Waals surface area contributed by atoms with E-state index in [1.54, 1.807) is 14.2 Å². The fraction of sp³-hybridized carbons (Fsp3) is 0.444. The van der Waals surface area contributed by atoms with Crippen LogP contribution in [-0.4, -0.2) is 62.4 Å². The molecule has 0 aliphatic carbocycles. The maximum Gasteiger partial charge on any atom is 0.228 e. The minimum atomic E-state index is 0.125. The van der Waals surface area contributed by atoms with Crippen molar-refractivity contribution in [3.05, 3.63) is 53.9 Å². The molecule has 1 amide bonds. The molecule has 0 aliphatic heterocycles. The van der Waals surface area contributed by atoms with Crippen molar-refractivity contribution in [1.29, 1.82) is 0 Å². The molecule has 3 rings (SSSR count). The molecule has 0 radical (unpaired) electrons. The summed E-state index contributed by atoms with van der Waals surface area (Å²) in [5.41, 5.74) is 3.07. The molecule has 8 heteroatoms. The van der Waals surface area contributed by atoms with Crippen LogP contribution in [0.4, 0.5) is 5.69 Å². The van der Waals surface area contributed by atoms with E-state index in [4.69, 9.17) is 14.0 Å². The summed E-state index contributed by atoms with van der Waals surface area (Å²) in [6.07, 6.45) is 1.70. The first-order valence-electron chi connectivity index (χ1n) is 11.9. The van der Waals surface area contributed by atoms with Crippen LogP contribution < -0.4 is 14.4 Å². The van der Waals surface area contributed by atoms with Crippen molar-refractivity contribution < 1.29 is 18.8 Å². The summed E-state index contributed by atoms with van der Waals surface area (Å²) < 4.78 is 16.2. The molecule has 1 aromatic heterocycles. The fourth-order valence-electron chi connectivity index (χ4n) is 3.75. The van der Waals surface area contributed by atoms with E-state index >= 15 is 0 Å². The first-order chi connectivity index (χ1) is 16.8. The van der Waals surface area contributed by atoms with Gasteiger partial charge in [-0.3, -0.25) is 4.79 Å².